The second kappa shape index (κ2) is 5.28. The minimum absolute atomic E-state index is 0.151. The molecule has 0 radical (unpaired) electrons. The Balaban J connectivity index is 1.66. The molecule has 1 heterocycles. The molecule has 0 spiro atoms. The number of hydrogen-bond donors (Lipinski definition) is 2. The van der Waals surface area contributed by atoms with Crippen molar-refractivity contribution >= 4 is 17.4 Å². The van der Waals surface area contributed by atoms with Gasteiger partial charge in [0.1, 0.15) is 0 Å². The van der Waals surface area contributed by atoms with Crippen molar-refractivity contribution in [3.05, 3.63) is 47.7 Å². The quantitative estimate of drug-likeness (QED) is 0.893. The largest absolute Gasteiger partial charge is 0.348 e. The molecule has 1 saturated carbocycles. The maximum atomic E-state index is 11.8. The normalized spacial score (nSPS) is 13.8. The van der Waals surface area contributed by atoms with Gasteiger partial charge in [-0.25, -0.2) is 0 Å². The van der Waals surface area contributed by atoms with Gasteiger partial charge in [-0.1, -0.05) is 17.7 Å². The predicted molar refractivity (Wildman–Crippen MR) is 77.0 cm³/mol. The van der Waals surface area contributed by atoms with Gasteiger partial charge >= 0.3 is 0 Å². The molecule has 1 aromatic carbocycles. The zero-order chi connectivity index (χ0) is 13.9. The average molecular weight is 268 g/mol. The Labute approximate surface area is 117 Å². The number of hydrogen-bond acceptors (Lipinski definition) is 4. The highest BCUT2D eigenvalue weighted by molar-refractivity contribution is 5.92. The maximum absolute atomic E-state index is 11.8. The number of rotatable bonds is 4. The van der Waals surface area contributed by atoms with Crippen molar-refractivity contribution in [3.8, 4) is 0 Å². The van der Waals surface area contributed by atoms with Gasteiger partial charge in [0.15, 0.2) is 11.5 Å². The van der Waals surface area contributed by atoms with Crippen LogP contribution in [0.5, 0.6) is 0 Å². The first-order valence-electron chi connectivity index (χ1n) is 6.69. The monoisotopic (exact) mass is 268 g/mol. The summed E-state index contributed by atoms with van der Waals surface area (Å²) in [4.78, 5) is 11.8. The molecule has 1 aliphatic rings. The van der Waals surface area contributed by atoms with Crippen LogP contribution < -0.4 is 10.6 Å². The van der Waals surface area contributed by atoms with Crippen molar-refractivity contribution in [2.24, 2.45) is 0 Å². The summed E-state index contributed by atoms with van der Waals surface area (Å²) in [5.74, 6) is 0.471. The van der Waals surface area contributed by atoms with Gasteiger partial charge in [0.25, 0.3) is 5.91 Å². The van der Waals surface area contributed by atoms with Gasteiger partial charge in [-0.05, 0) is 44.0 Å². The summed E-state index contributed by atoms with van der Waals surface area (Å²) in [7, 11) is 0. The summed E-state index contributed by atoms with van der Waals surface area (Å²) < 4.78 is 0. The van der Waals surface area contributed by atoms with Crippen LogP contribution in [-0.4, -0.2) is 22.1 Å². The number of carbonyl (C=O) groups is 1. The second-order valence-corrected chi connectivity index (χ2v) is 5.04. The van der Waals surface area contributed by atoms with Crippen LogP contribution in [0.2, 0.25) is 0 Å². The van der Waals surface area contributed by atoms with Gasteiger partial charge in [0.2, 0.25) is 0 Å². The van der Waals surface area contributed by atoms with E-state index in [-0.39, 0.29) is 5.91 Å². The fourth-order valence-corrected chi connectivity index (χ4v) is 1.79. The molecular formula is C15H16N4O. The lowest BCUT2D eigenvalue weighted by Gasteiger charge is -2.06. The zero-order valence-electron chi connectivity index (χ0n) is 11.3. The molecule has 1 aromatic heterocycles. The molecule has 0 bridgehead atoms. The van der Waals surface area contributed by atoms with E-state index in [1.165, 1.54) is 5.56 Å². The minimum Gasteiger partial charge on any atom is -0.348 e. The highest BCUT2D eigenvalue weighted by Gasteiger charge is 2.24. The van der Waals surface area contributed by atoms with Crippen LogP contribution in [0.1, 0.15) is 28.9 Å². The van der Waals surface area contributed by atoms with Crippen molar-refractivity contribution in [2.45, 2.75) is 25.8 Å². The Morgan fingerprint density at radius 1 is 1.10 bits per heavy atom. The first-order valence-corrected chi connectivity index (χ1v) is 6.69. The Hall–Kier alpha value is -2.43. The molecule has 102 valence electrons. The lowest BCUT2D eigenvalue weighted by atomic mass is 10.2. The van der Waals surface area contributed by atoms with Crippen LogP contribution >= 0.6 is 0 Å². The van der Waals surface area contributed by atoms with Gasteiger partial charge < -0.3 is 10.6 Å². The fourth-order valence-electron chi connectivity index (χ4n) is 1.79. The van der Waals surface area contributed by atoms with Crippen molar-refractivity contribution in [1.29, 1.82) is 0 Å². The maximum Gasteiger partial charge on any atom is 0.272 e. The van der Waals surface area contributed by atoms with E-state index >= 15 is 0 Å². The summed E-state index contributed by atoms with van der Waals surface area (Å²) in [5, 5.41) is 14.0. The molecule has 5 heteroatoms. The number of nitrogens with zero attached hydrogens (tertiary/aromatic N) is 2. The molecule has 0 aliphatic heterocycles. The number of carbonyl (C=O) groups excluding carboxylic acids is 1. The molecule has 20 heavy (non-hydrogen) atoms. The van der Waals surface area contributed by atoms with Gasteiger partial charge in [0.05, 0.1) is 0 Å². The first-order chi connectivity index (χ1) is 9.70. The molecule has 5 nitrogen and oxygen atoms in total. The van der Waals surface area contributed by atoms with Crippen LogP contribution in [0.15, 0.2) is 36.4 Å². The minimum atomic E-state index is -0.151. The van der Waals surface area contributed by atoms with Crippen LogP contribution in [0.25, 0.3) is 0 Å². The number of aromatic nitrogens is 2. The third-order valence-electron chi connectivity index (χ3n) is 3.13. The van der Waals surface area contributed by atoms with Crippen LogP contribution in [-0.2, 0) is 0 Å². The van der Waals surface area contributed by atoms with Crippen LogP contribution in [0.3, 0.4) is 0 Å². The number of aryl methyl sites for hydroxylation is 1. The van der Waals surface area contributed by atoms with Crippen molar-refractivity contribution in [1.82, 2.24) is 15.5 Å². The Kier molecular flexibility index (Phi) is 3.33. The molecule has 2 N–H and O–H groups in total. The third-order valence-corrected chi connectivity index (χ3v) is 3.13. The van der Waals surface area contributed by atoms with E-state index in [1.807, 2.05) is 31.2 Å². The number of benzene rings is 1. The second-order valence-electron chi connectivity index (χ2n) is 5.04. The molecule has 3 rings (SSSR count). The van der Waals surface area contributed by atoms with E-state index in [1.54, 1.807) is 12.1 Å². The van der Waals surface area contributed by atoms with E-state index in [0.29, 0.717) is 17.6 Å². The van der Waals surface area contributed by atoms with Crippen molar-refractivity contribution in [2.75, 3.05) is 5.32 Å². The smallest absolute Gasteiger partial charge is 0.272 e. The summed E-state index contributed by atoms with van der Waals surface area (Å²) in [6, 6.07) is 11.8. The lowest BCUT2D eigenvalue weighted by Crippen LogP contribution is -2.26. The van der Waals surface area contributed by atoms with Gasteiger partial charge in [-0.2, -0.15) is 0 Å². The third kappa shape index (κ3) is 3.12. The van der Waals surface area contributed by atoms with Crippen molar-refractivity contribution < 1.29 is 4.79 Å². The predicted octanol–water partition coefficient (Wildman–Crippen LogP) is 2.42. The Morgan fingerprint density at radius 2 is 1.85 bits per heavy atom. The SMILES string of the molecule is Cc1ccc(Nc2ccc(C(=O)NC3CC3)nn2)cc1. The molecule has 1 aliphatic carbocycles. The molecule has 2 aromatic rings. The molecular weight excluding hydrogens is 252 g/mol. The standard InChI is InChI=1S/C15H16N4O/c1-10-2-4-11(5-3-10)16-14-9-8-13(18-19-14)15(20)17-12-6-7-12/h2-5,8-9,12H,6-7H2,1H3,(H,16,19)(H,17,20). The zero-order valence-corrected chi connectivity index (χ0v) is 11.3. The van der Waals surface area contributed by atoms with Crippen LogP contribution in [0, 0.1) is 6.92 Å². The summed E-state index contributed by atoms with van der Waals surface area (Å²) >= 11 is 0. The summed E-state index contributed by atoms with van der Waals surface area (Å²) in [6.07, 6.45) is 2.12. The Bertz CT molecular complexity index is 603. The van der Waals surface area contributed by atoms with E-state index < -0.39 is 0 Å². The summed E-state index contributed by atoms with van der Waals surface area (Å²) in [5.41, 5.74) is 2.50. The molecule has 1 fully saturated rings. The number of amides is 1. The molecule has 0 atom stereocenters. The van der Waals surface area contributed by atoms with E-state index in [4.69, 9.17) is 0 Å². The van der Waals surface area contributed by atoms with E-state index in [0.717, 1.165) is 18.5 Å². The van der Waals surface area contributed by atoms with Crippen molar-refractivity contribution in [3.63, 3.8) is 0 Å². The summed E-state index contributed by atoms with van der Waals surface area (Å²) in [6.45, 7) is 2.04. The van der Waals surface area contributed by atoms with E-state index in [9.17, 15) is 4.79 Å². The molecule has 0 saturated heterocycles. The first kappa shape index (κ1) is 12.6. The molecule has 0 unspecified atom stereocenters. The van der Waals surface area contributed by atoms with Gasteiger partial charge in [-0.15, -0.1) is 10.2 Å². The van der Waals surface area contributed by atoms with Crippen LogP contribution in [0.4, 0.5) is 11.5 Å². The highest BCUT2D eigenvalue weighted by Crippen LogP contribution is 2.19. The molecule has 1 amide bonds. The van der Waals surface area contributed by atoms with Gasteiger partial charge in [0, 0.05) is 11.7 Å². The topological polar surface area (TPSA) is 66.9 Å². The fraction of sp³-hybridized carbons (Fsp3) is 0.267. The average Bonchev–Trinajstić information content (AvgIpc) is 3.26. The van der Waals surface area contributed by atoms with E-state index in [2.05, 4.69) is 20.8 Å². The van der Waals surface area contributed by atoms with Gasteiger partial charge in [-0.3, -0.25) is 4.79 Å². The number of nitrogens with one attached hydrogen (secondary N) is 2. The number of anilines is 2. The lowest BCUT2D eigenvalue weighted by molar-refractivity contribution is 0.0945. The Morgan fingerprint density at radius 3 is 2.45 bits per heavy atom. The highest BCUT2D eigenvalue weighted by atomic mass is 16.2.